The summed E-state index contributed by atoms with van der Waals surface area (Å²) in [7, 11) is 1.50. The van der Waals surface area contributed by atoms with Gasteiger partial charge in [0.05, 0.1) is 12.8 Å². The van der Waals surface area contributed by atoms with Crippen molar-refractivity contribution < 1.29 is 23.9 Å². The molecule has 7 nitrogen and oxygen atoms in total. The van der Waals surface area contributed by atoms with Gasteiger partial charge in [0, 0.05) is 5.92 Å². The van der Waals surface area contributed by atoms with E-state index in [9.17, 15) is 14.4 Å². The quantitative estimate of drug-likeness (QED) is 0.734. The van der Waals surface area contributed by atoms with Crippen LogP contribution >= 0.6 is 0 Å². The summed E-state index contributed by atoms with van der Waals surface area (Å²) in [6.45, 7) is -0.645. The molecule has 0 heterocycles. The summed E-state index contributed by atoms with van der Waals surface area (Å²) >= 11 is 0. The predicted molar refractivity (Wildman–Crippen MR) is 92.2 cm³/mol. The van der Waals surface area contributed by atoms with Crippen LogP contribution in [-0.2, 0) is 19.1 Å². The molecule has 7 heteroatoms. The van der Waals surface area contributed by atoms with Crippen LogP contribution in [0.1, 0.15) is 32.1 Å². The van der Waals surface area contributed by atoms with Gasteiger partial charge in [0.2, 0.25) is 5.91 Å². The number of carbonyl (C=O) groups is 3. The minimum absolute atomic E-state index is 0.0182. The third-order valence-corrected chi connectivity index (χ3v) is 4.13. The maximum absolute atomic E-state index is 11.9. The lowest BCUT2D eigenvalue weighted by Crippen LogP contribution is -2.36. The second kappa shape index (κ2) is 9.66. The molecule has 0 spiro atoms. The highest BCUT2D eigenvalue weighted by Crippen LogP contribution is 2.24. The number of hydrogen-bond donors (Lipinski definition) is 2. The average Bonchev–Trinajstić information content (AvgIpc) is 2.65. The zero-order valence-corrected chi connectivity index (χ0v) is 14.4. The average molecular weight is 348 g/mol. The molecule has 0 unspecified atom stereocenters. The van der Waals surface area contributed by atoms with E-state index in [0.717, 1.165) is 32.1 Å². The SMILES string of the molecule is COc1ccccc1NC(=O)COC(=O)CNC(=O)C1CCCCC1. The van der Waals surface area contributed by atoms with E-state index < -0.39 is 18.5 Å². The smallest absolute Gasteiger partial charge is 0.325 e. The summed E-state index contributed by atoms with van der Waals surface area (Å²) in [6.07, 6.45) is 4.98. The molecule has 2 amide bonds. The number of para-hydroxylation sites is 2. The van der Waals surface area contributed by atoms with E-state index in [-0.39, 0.29) is 18.4 Å². The molecule has 0 aromatic heterocycles. The first-order chi connectivity index (χ1) is 12.1. The molecule has 1 fully saturated rings. The molecular formula is C18H24N2O5. The second-order valence-corrected chi connectivity index (χ2v) is 5.96. The van der Waals surface area contributed by atoms with Gasteiger partial charge < -0.3 is 20.1 Å². The Bertz CT molecular complexity index is 611. The Morgan fingerprint density at radius 3 is 2.56 bits per heavy atom. The minimum Gasteiger partial charge on any atom is -0.495 e. The molecule has 2 rings (SSSR count). The summed E-state index contributed by atoms with van der Waals surface area (Å²) in [4.78, 5) is 35.4. The van der Waals surface area contributed by atoms with Crippen LogP contribution in [0.3, 0.4) is 0 Å². The van der Waals surface area contributed by atoms with Gasteiger partial charge >= 0.3 is 5.97 Å². The lowest BCUT2D eigenvalue weighted by molar-refractivity contribution is -0.147. The van der Waals surface area contributed by atoms with Crippen LogP contribution in [0, 0.1) is 5.92 Å². The third kappa shape index (κ3) is 6.10. The fourth-order valence-electron chi connectivity index (χ4n) is 2.80. The van der Waals surface area contributed by atoms with Crippen LogP contribution < -0.4 is 15.4 Å². The van der Waals surface area contributed by atoms with Gasteiger partial charge in [-0.25, -0.2) is 0 Å². The Morgan fingerprint density at radius 1 is 1.12 bits per heavy atom. The van der Waals surface area contributed by atoms with E-state index in [1.165, 1.54) is 7.11 Å². The zero-order valence-electron chi connectivity index (χ0n) is 14.4. The van der Waals surface area contributed by atoms with E-state index in [0.29, 0.717) is 11.4 Å². The van der Waals surface area contributed by atoms with Crippen molar-refractivity contribution in [3.05, 3.63) is 24.3 Å². The van der Waals surface area contributed by atoms with Gasteiger partial charge in [-0.15, -0.1) is 0 Å². The normalized spacial score (nSPS) is 14.4. The van der Waals surface area contributed by atoms with Crippen molar-refractivity contribution in [3.8, 4) is 5.75 Å². The van der Waals surface area contributed by atoms with Gasteiger partial charge in [-0.1, -0.05) is 31.4 Å². The number of rotatable bonds is 7. The maximum Gasteiger partial charge on any atom is 0.325 e. The van der Waals surface area contributed by atoms with E-state index in [2.05, 4.69) is 10.6 Å². The maximum atomic E-state index is 11.9. The zero-order chi connectivity index (χ0) is 18.1. The van der Waals surface area contributed by atoms with Crippen LogP contribution in [0.5, 0.6) is 5.75 Å². The monoisotopic (exact) mass is 348 g/mol. The van der Waals surface area contributed by atoms with Gasteiger partial charge in [0.15, 0.2) is 6.61 Å². The van der Waals surface area contributed by atoms with Crippen molar-refractivity contribution in [3.63, 3.8) is 0 Å². The molecule has 1 saturated carbocycles. The summed E-state index contributed by atoms with van der Waals surface area (Å²) in [5.74, 6) is -0.733. The highest BCUT2D eigenvalue weighted by Gasteiger charge is 2.21. The van der Waals surface area contributed by atoms with Crippen molar-refractivity contribution in [1.82, 2.24) is 5.32 Å². The molecule has 2 N–H and O–H groups in total. The molecular weight excluding hydrogens is 324 g/mol. The summed E-state index contributed by atoms with van der Waals surface area (Å²) in [6, 6.07) is 6.93. The van der Waals surface area contributed by atoms with E-state index in [4.69, 9.17) is 9.47 Å². The Hall–Kier alpha value is -2.57. The third-order valence-electron chi connectivity index (χ3n) is 4.13. The van der Waals surface area contributed by atoms with Gasteiger partial charge in [0.1, 0.15) is 12.3 Å². The topological polar surface area (TPSA) is 93.7 Å². The van der Waals surface area contributed by atoms with Crippen molar-refractivity contribution in [2.45, 2.75) is 32.1 Å². The van der Waals surface area contributed by atoms with Crippen LogP contribution in [0.25, 0.3) is 0 Å². The van der Waals surface area contributed by atoms with Crippen molar-refractivity contribution in [2.75, 3.05) is 25.6 Å². The first kappa shape index (κ1) is 18.8. The number of ether oxygens (including phenoxy) is 2. The van der Waals surface area contributed by atoms with Crippen molar-refractivity contribution in [2.24, 2.45) is 5.92 Å². The number of anilines is 1. The fourth-order valence-corrected chi connectivity index (χ4v) is 2.80. The number of benzene rings is 1. The Labute approximate surface area is 147 Å². The first-order valence-electron chi connectivity index (χ1n) is 8.46. The Kier molecular flexibility index (Phi) is 7.25. The molecule has 0 atom stereocenters. The number of nitrogens with one attached hydrogen (secondary N) is 2. The van der Waals surface area contributed by atoms with Gasteiger partial charge in [0.25, 0.3) is 5.91 Å². The minimum atomic E-state index is -0.640. The second-order valence-electron chi connectivity index (χ2n) is 5.96. The van der Waals surface area contributed by atoms with E-state index >= 15 is 0 Å². The molecule has 1 aromatic rings. The highest BCUT2D eigenvalue weighted by atomic mass is 16.5. The van der Waals surface area contributed by atoms with Gasteiger partial charge in [-0.3, -0.25) is 14.4 Å². The van der Waals surface area contributed by atoms with Crippen LogP contribution in [0.2, 0.25) is 0 Å². The van der Waals surface area contributed by atoms with E-state index in [1.807, 2.05) is 0 Å². The number of esters is 1. The number of carbonyl (C=O) groups excluding carboxylic acids is 3. The molecule has 1 aliphatic rings. The van der Waals surface area contributed by atoms with Crippen LogP contribution in [0.4, 0.5) is 5.69 Å². The summed E-state index contributed by atoms with van der Waals surface area (Å²) in [5.41, 5.74) is 0.497. The van der Waals surface area contributed by atoms with Crippen LogP contribution in [0.15, 0.2) is 24.3 Å². The summed E-state index contributed by atoms with van der Waals surface area (Å²) in [5, 5.41) is 5.18. The number of amides is 2. The lowest BCUT2D eigenvalue weighted by Gasteiger charge is -2.20. The van der Waals surface area contributed by atoms with Crippen molar-refractivity contribution >= 4 is 23.5 Å². The number of methoxy groups -OCH3 is 1. The van der Waals surface area contributed by atoms with Gasteiger partial charge in [-0.05, 0) is 25.0 Å². The molecule has 0 aliphatic heterocycles. The highest BCUT2D eigenvalue weighted by molar-refractivity contribution is 5.94. The molecule has 0 radical (unpaired) electrons. The molecule has 1 aliphatic carbocycles. The number of hydrogen-bond acceptors (Lipinski definition) is 5. The Balaban J connectivity index is 1.68. The first-order valence-corrected chi connectivity index (χ1v) is 8.46. The van der Waals surface area contributed by atoms with Crippen molar-refractivity contribution in [1.29, 1.82) is 0 Å². The molecule has 25 heavy (non-hydrogen) atoms. The Morgan fingerprint density at radius 2 is 1.84 bits per heavy atom. The standard InChI is InChI=1S/C18H24N2O5/c1-24-15-10-6-5-9-14(15)20-16(21)12-25-17(22)11-19-18(23)13-7-3-2-4-8-13/h5-6,9-10,13H,2-4,7-8,11-12H2,1H3,(H,19,23)(H,20,21). The van der Waals surface area contributed by atoms with E-state index in [1.54, 1.807) is 24.3 Å². The predicted octanol–water partition coefficient (Wildman–Crippen LogP) is 1.87. The van der Waals surface area contributed by atoms with Gasteiger partial charge in [-0.2, -0.15) is 0 Å². The van der Waals surface area contributed by atoms with Crippen LogP contribution in [-0.4, -0.2) is 38.0 Å². The lowest BCUT2D eigenvalue weighted by atomic mass is 9.89. The molecule has 1 aromatic carbocycles. The largest absolute Gasteiger partial charge is 0.495 e. The molecule has 0 saturated heterocycles. The molecule has 136 valence electrons. The fraction of sp³-hybridized carbons (Fsp3) is 0.500. The summed E-state index contributed by atoms with van der Waals surface area (Å²) < 4.78 is 10.0. The molecule has 0 bridgehead atoms.